The summed E-state index contributed by atoms with van der Waals surface area (Å²) >= 11 is 0. The van der Waals surface area contributed by atoms with Gasteiger partial charge in [0.05, 0.1) is 12.3 Å². The number of ether oxygens (including phenoxy) is 1. The van der Waals surface area contributed by atoms with E-state index >= 15 is 0 Å². The molecule has 0 aromatic carbocycles. The van der Waals surface area contributed by atoms with Crippen molar-refractivity contribution in [2.24, 2.45) is 13.0 Å². The number of urea groups is 1. The molecule has 1 aromatic heterocycles. The zero-order valence-electron chi connectivity index (χ0n) is 16.2. The fourth-order valence-electron chi connectivity index (χ4n) is 4.13. The van der Waals surface area contributed by atoms with Gasteiger partial charge in [0.15, 0.2) is 0 Å². The van der Waals surface area contributed by atoms with Gasteiger partial charge in [-0.1, -0.05) is 12.8 Å². The van der Waals surface area contributed by atoms with Crippen molar-refractivity contribution in [2.75, 3.05) is 38.7 Å². The summed E-state index contributed by atoms with van der Waals surface area (Å²) < 4.78 is 6.78. The Hall–Kier alpha value is -1.60. The molecule has 0 spiro atoms. The Morgan fingerprint density at radius 2 is 2.00 bits per heavy atom. The minimum absolute atomic E-state index is 0.138. The highest BCUT2D eigenvalue weighted by atomic mass is 16.5. The molecule has 0 bridgehead atoms. The van der Waals surface area contributed by atoms with Crippen molar-refractivity contribution in [3.8, 4) is 0 Å². The monoisotopic (exact) mass is 363 g/mol. The van der Waals surface area contributed by atoms with Crippen LogP contribution in [0.25, 0.3) is 0 Å². The molecule has 1 aliphatic heterocycles. The molecule has 7 heteroatoms. The first-order valence-electron chi connectivity index (χ1n) is 9.95. The SMILES string of the molecule is COCCc1cc(NC(=O)NC2CCN(CC3CCCC3)CC2)n(C)n1. The molecule has 1 saturated carbocycles. The van der Waals surface area contributed by atoms with Crippen molar-refractivity contribution < 1.29 is 9.53 Å². The smallest absolute Gasteiger partial charge is 0.320 e. The molecular formula is C19H33N5O2. The standard InChI is InChI=1S/C19H33N5O2/c1-23-18(13-17(22-23)9-12-26-2)21-19(25)20-16-7-10-24(11-8-16)14-15-5-3-4-6-15/h13,15-16H,3-12,14H2,1-2H3,(H2,20,21,25). The van der Waals surface area contributed by atoms with E-state index in [2.05, 4.69) is 20.6 Å². The fourth-order valence-corrected chi connectivity index (χ4v) is 4.13. The molecule has 2 fully saturated rings. The molecule has 3 rings (SSSR count). The van der Waals surface area contributed by atoms with Crippen LogP contribution in [0.2, 0.25) is 0 Å². The summed E-state index contributed by atoms with van der Waals surface area (Å²) in [5, 5.41) is 10.4. The van der Waals surface area contributed by atoms with Crippen LogP contribution in [0, 0.1) is 5.92 Å². The van der Waals surface area contributed by atoms with Crippen molar-refractivity contribution >= 4 is 11.8 Å². The van der Waals surface area contributed by atoms with E-state index in [9.17, 15) is 4.79 Å². The number of amides is 2. The van der Waals surface area contributed by atoms with Gasteiger partial charge < -0.3 is 15.0 Å². The average molecular weight is 364 g/mol. The fraction of sp³-hybridized carbons (Fsp3) is 0.789. The minimum atomic E-state index is -0.138. The Morgan fingerprint density at radius 1 is 1.27 bits per heavy atom. The lowest BCUT2D eigenvalue weighted by Crippen LogP contribution is -2.46. The summed E-state index contributed by atoms with van der Waals surface area (Å²) in [6.07, 6.45) is 8.42. The summed E-state index contributed by atoms with van der Waals surface area (Å²) in [5.74, 6) is 1.62. The van der Waals surface area contributed by atoms with E-state index in [0.717, 1.165) is 44.0 Å². The number of rotatable bonds is 7. The van der Waals surface area contributed by atoms with Crippen LogP contribution in [0.5, 0.6) is 0 Å². The molecule has 1 saturated heterocycles. The maximum absolute atomic E-state index is 12.3. The number of piperidine rings is 1. The van der Waals surface area contributed by atoms with Gasteiger partial charge in [-0.2, -0.15) is 5.10 Å². The van der Waals surface area contributed by atoms with Crippen molar-refractivity contribution in [3.63, 3.8) is 0 Å². The zero-order valence-corrected chi connectivity index (χ0v) is 16.2. The Morgan fingerprint density at radius 3 is 2.69 bits per heavy atom. The van der Waals surface area contributed by atoms with Crippen molar-refractivity contribution in [2.45, 2.75) is 51.0 Å². The molecule has 7 nitrogen and oxygen atoms in total. The van der Waals surface area contributed by atoms with Crippen LogP contribution in [0.3, 0.4) is 0 Å². The highest BCUT2D eigenvalue weighted by Gasteiger charge is 2.24. The first-order chi connectivity index (χ1) is 12.6. The van der Waals surface area contributed by atoms with Gasteiger partial charge in [-0.15, -0.1) is 0 Å². The van der Waals surface area contributed by atoms with Gasteiger partial charge in [0, 0.05) is 52.3 Å². The van der Waals surface area contributed by atoms with Crippen LogP contribution in [-0.2, 0) is 18.2 Å². The molecule has 0 unspecified atom stereocenters. The third kappa shape index (κ3) is 5.45. The number of hydrogen-bond acceptors (Lipinski definition) is 4. The van der Waals surface area contributed by atoms with Crippen LogP contribution in [-0.4, -0.2) is 60.1 Å². The largest absolute Gasteiger partial charge is 0.384 e. The molecule has 0 radical (unpaired) electrons. The van der Waals surface area contributed by atoms with Crippen LogP contribution in [0.4, 0.5) is 10.6 Å². The molecule has 2 aliphatic rings. The van der Waals surface area contributed by atoms with E-state index in [4.69, 9.17) is 4.74 Å². The van der Waals surface area contributed by atoms with Gasteiger partial charge in [-0.05, 0) is 31.6 Å². The first kappa shape index (κ1) is 19.2. The number of likely N-dealkylation sites (tertiary alicyclic amines) is 1. The first-order valence-corrected chi connectivity index (χ1v) is 9.95. The molecule has 2 amide bonds. The quantitative estimate of drug-likeness (QED) is 0.780. The summed E-state index contributed by atoms with van der Waals surface area (Å²) in [7, 11) is 3.52. The number of methoxy groups -OCH3 is 1. The molecule has 0 atom stereocenters. The van der Waals surface area contributed by atoms with Gasteiger partial charge in [0.1, 0.15) is 5.82 Å². The Balaban J connectivity index is 1.39. The Kier molecular flexibility index (Phi) is 6.91. The Bertz CT molecular complexity index is 574. The van der Waals surface area contributed by atoms with E-state index in [1.54, 1.807) is 11.8 Å². The predicted molar refractivity (Wildman–Crippen MR) is 102 cm³/mol. The van der Waals surface area contributed by atoms with Crippen LogP contribution in [0.1, 0.15) is 44.2 Å². The summed E-state index contributed by atoms with van der Waals surface area (Å²) in [5.41, 5.74) is 0.921. The lowest BCUT2D eigenvalue weighted by atomic mass is 10.0. The van der Waals surface area contributed by atoms with Crippen molar-refractivity contribution in [3.05, 3.63) is 11.8 Å². The second kappa shape index (κ2) is 9.37. The maximum Gasteiger partial charge on any atom is 0.320 e. The van der Waals surface area contributed by atoms with Crippen LogP contribution >= 0.6 is 0 Å². The predicted octanol–water partition coefficient (Wildman–Crippen LogP) is 2.39. The van der Waals surface area contributed by atoms with E-state index < -0.39 is 0 Å². The highest BCUT2D eigenvalue weighted by molar-refractivity contribution is 5.88. The van der Waals surface area contributed by atoms with Gasteiger partial charge in [-0.25, -0.2) is 4.79 Å². The van der Waals surface area contributed by atoms with E-state index in [-0.39, 0.29) is 12.1 Å². The molecule has 26 heavy (non-hydrogen) atoms. The molecular weight excluding hydrogens is 330 g/mol. The molecule has 146 valence electrons. The topological polar surface area (TPSA) is 71.4 Å². The number of aromatic nitrogens is 2. The average Bonchev–Trinajstić information content (AvgIpc) is 3.25. The number of nitrogens with zero attached hydrogens (tertiary/aromatic N) is 3. The van der Waals surface area contributed by atoms with Gasteiger partial charge in [0.2, 0.25) is 0 Å². The summed E-state index contributed by atoms with van der Waals surface area (Å²) in [6.45, 7) is 4.06. The third-order valence-corrected chi connectivity index (χ3v) is 5.65. The highest BCUT2D eigenvalue weighted by Crippen LogP contribution is 2.26. The Labute approximate surface area is 156 Å². The lowest BCUT2D eigenvalue weighted by Gasteiger charge is -2.33. The van der Waals surface area contributed by atoms with Crippen LogP contribution in [0.15, 0.2) is 6.07 Å². The second-order valence-electron chi connectivity index (χ2n) is 7.71. The maximum atomic E-state index is 12.3. The van der Waals surface area contributed by atoms with Crippen molar-refractivity contribution in [1.29, 1.82) is 0 Å². The number of hydrogen-bond donors (Lipinski definition) is 2. The number of aryl methyl sites for hydroxylation is 1. The van der Waals surface area contributed by atoms with Crippen LogP contribution < -0.4 is 10.6 Å². The zero-order chi connectivity index (χ0) is 18.4. The number of carbonyl (C=O) groups is 1. The van der Waals surface area contributed by atoms with Gasteiger partial charge in [-0.3, -0.25) is 10.00 Å². The lowest BCUT2D eigenvalue weighted by molar-refractivity contribution is 0.173. The number of anilines is 1. The second-order valence-corrected chi connectivity index (χ2v) is 7.71. The number of carbonyl (C=O) groups excluding carboxylic acids is 1. The van der Waals surface area contributed by atoms with Gasteiger partial charge >= 0.3 is 6.03 Å². The minimum Gasteiger partial charge on any atom is -0.384 e. The van der Waals surface area contributed by atoms with E-state index in [1.165, 1.54) is 32.2 Å². The number of nitrogens with one attached hydrogen (secondary N) is 2. The van der Waals surface area contributed by atoms with E-state index in [0.29, 0.717) is 12.4 Å². The summed E-state index contributed by atoms with van der Waals surface area (Å²) in [4.78, 5) is 14.9. The molecule has 1 aromatic rings. The van der Waals surface area contributed by atoms with Crippen molar-refractivity contribution in [1.82, 2.24) is 20.0 Å². The molecule has 2 heterocycles. The third-order valence-electron chi connectivity index (χ3n) is 5.65. The van der Waals surface area contributed by atoms with Gasteiger partial charge in [0.25, 0.3) is 0 Å². The normalized spacial score (nSPS) is 19.8. The summed E-state index contributed by atoms with van der Waals surface area (Å²) in [6, 6.07) is 2.03. The van der Waals surface area contributed by atoms with E-state index in [1.807, 2.05) is 13.1 Å². The molecule has 2 N–H and O–H groups in total. The molecule has 1 aliphatic carbocycles.